The highest BCUT2D eigenvalue weighted by Crippen LogP contribution is 2.67. The van der Waals surface area contributed by atoms with Gasteiger partial charge in [0, 0.05) is 0 Å². The Labute approximate surface area is 196 Å². The second-order valence-corrected chi connectivity index (χ2v) is 20.0. The summed E-state index contributed by atoms with van der Waals surface area (Å²) in [5.41, 5.74) is 2.93. The van der Waals surface area contributed by atoms with Crippen molar-refractivity contribution in [2.24, 2.45) is 52.8 Å². The Bertz CT molecular complexity index is 632. The zero-order chi connectivity index (χ0) is 22.0. The van der Waals surface area contributed by atoms with Crippen LogP contribution in [0.2, 0.25) is 24.2 Å². The van der Waals surface area contributed by atoms with Crippen molar-refractivity contribution in [1.29, 1.82) is 0 Å². The standard InChI is InChI=1S/C30H54Si/c1-20(2)18-22-19-28(31(5,6)27-16-13-21-10-7-8-11-23(21)27)25-14-15-26-24(29(22)25)12-9-17-30(26,3)4/h20-29H,7-19H2,1-6H3. The molecule has 31 heavy (non-hydrogen) atoms. The lowest BCUT2D eigenvalue weighted by atomic mass is 9.53. The molecule has 5 rings (SSSR count). The summed E-state index contributed by atoms with van der Waals surface area (Å²) in [7, 11) is -1.24. The van der Waals surface area contributed by atoms with E-state index in [-0.39, 0.29) is 0 Å². The largest absolute Gasteiger partial charge is 0.0689 e. The lowest BCUT2D eigenvalue weighted by molar-refractivity contribution is -0.0299. The molecule has 5 fully saturated rings. The molecule has 0 aliphatic heterocycles. The van der Waals surface area contributed by atoms with E-state index in [9.17, 15) is 0 Å². The van der Waals surface area contributed by atoms with E-state index in [0.29, 0.717) is 5.41 Å². The molecular formula is C30H54Si. The maximum absolute atomic E-state index is 2.91. The highest BCUT2D eigenvalue weighted by molar-refractivity contribution is 6.80. The number of hydrogen-bond acceptors (Lipinski definition) is 0. The molecule has 9 atom stereocenters. The van der Waals surface area contributed by atoms with Crippen LogP contribution < -0.4 is 0 Å². The first kappa shape index (κ1) is 23.0. The van der Waals surface area contributed by atoms with Crippen molar-refractivity contribution in [2.75, 3.05) is 0 Å². The normalized spacial score (nSPS) is 47.1. The van der Waals surface area contributed by atoms with Crippen molar-refractivity contribution in [3.63, 3.8) is 0 Å². The lowest BCUT2D eigenvalue weighted by Crippen LogP contribution is -2.48. The van der Waals surface area contributed by atoms with Gasteiger partial charge in [0.05, 0.1) is 8.07 Å². The van der Waals surface area contributed by atoms with E-state index in [1.54, 1.807) is 64.2 Å². The Morgan fingerprint density at radius 1 is 0.774 bits per heavy atom. The summed E-state index contributed by atoms with van der Waals surface area (Å²) in [5.74, 6) is 8.55. The van der Waals surface area contributed by atoms with Crippen LogP contribution >= 0.6 is 0 Å². The van der Waals surface area contributed by atoms with Gasteiger partial charge in [-0.15, -0.1) is 0 Å². The van der Waals surface area contributed by atoms with Crippen LogP contribution in [0.5, 0.6) is 0 Å². The molecule has 0 amide bonds. The van der Waals surface area contributed by atoms with Gasteiger partial charge in [-0.25, -0.2) is 0 Å². The topological polar surface area (TPSA) is 0 Å². The SMILES string of the molecule is CC(C)CC1CC([Si](C)(C)C2CCC3CCCCC32)C2CCC3C(CCCC3(C)C)C12. The third kappa shape index (κ3) is 3.93. The molecule has 0 nitrogen and oxygen atoms in total. The molecule has 9 unspecified atom stereocenters. The van der Waals surface area contributed by atoms with E-state index in [1.165, 1.54) is 24.8 Å². The molecule has 0 bridgehead atoms. The molecule has 0 aromatic heterocycles. The Kier molecular flexibility index (Phi) is 6.27. The summed E-state index contributed by atoms with van der Waals surface area (Å²) in [6, 6.07) is 0. The zero-order valence-electron chi connectivity index (χ0n) is 22.0. The second-order valence-electron chi connectivity index (χ2n) is 14.9. The quantitative estimate of drug-likeness (QED) is 0.380. The maximum atomic E-state index is 2.91. The molecule has 0 N–H and O–H groups in total. The van der Waals surface area contributed by atoms with E-state index >= 15 is 0 Å². The Balaban J connectivity index is 1.42. The van der Waals surface area contributed by atoms with Crippen LogP contribution in [0.4, 0.5) is 0 Å². The molecule has 0 aromatic carbocycles. The van der Waals surface area contributed by atoms with Gasteiger partial charge in [0.25, 0.3) is 0 Å². The fourth-order valence-corrected chi connectivity index (χ4v) is 16.6. The van der Waals surface area contributed by atoms with Gasteiger partial charge in [-0.1, -0.05) is 85.7 Å². The third-order valence-electron chi connectivity index (χ3n) is 12.3. The van der Waals surface area contributed by atoms with Gasteiger partial charge in [-0.2, -0.15) is 0 Å². The summed E-state index contributed by atoms with van der Waals surface area (Å²) in [4.78, 5) is 0. The second kappa shape index (κ2) is 8.46. The first-order valence-corrected chi connectivity index (χ1v) is 17.9. The molecule has 0 aromatic rings. The van der Waals surface area contributed by atoms with Crippen molar-refractivity contribution in [1.82, 2.24) is 0 Å². The minimum absolute atomic E-state index is 0.613. The van der Waals surface area contributed by atoms with Gasteiger partial charge in [0.15, 0.2) is 0 Å². The van der Waals surface area contributed by atoms with Crippen LogP contribution in [0.1, 0.15) is 111 Å². The number of rotatable bonds is 4. The predicted molar refractivity (Wildman–Crippen MR) is 138 cm³/mol. The predicted octanol–water partition coefficient (Wildman–Crippen LogP) is 9.57. The highest BCUT2D eigenvalue weighted by atomic mass is 28.3. The van der Waals surface area contributed by atoms with Gasteiger partial charge >= 0.3 is 0 Å². The Morgan fingerprint density at radius 3 is 2.29 bits per heavy atom. The summed E-state index contributed by atoms with van der Waals surface area (Å²) in [6.07, 6.45) is 20.4. The fraction of sp³-hybridized carbons (Fsp3) is 1.00. The molecular weight excluding hydrogens is 388 g/mol. The van der Waals surface area contributed by atoms with Crippen LogP contribution in [-0.2, 0) is 0 Å². The first-order valence-electron chi connectivity index (χ1n) is 14.7. The molecule has 0 saturated heterocycles. The van der Waals surface area contributed by atoms with Crippen molar-refractivity contribution >= 4 is 8.07 Å². The van der Waals surface area contributed by atoms with Crippen molar-refractivity contribution < 1.29 is 0 Å². The lowest BCUT2D eigenvalue weighted by Gasteiger charge is -2.54. The fourth-order valence-electron chi connectivity index (χ4n) is 11.2. The smallest absolute Gasteiger partial charge is 0.0541 e. The minimum Gasteiger partial charge on any atom is -0.0689 e. The average molecular weight is 443 g/mol. The molecule has 0 spiro atoms. The van der Waals surface area contributed by atoms with Crippen LogP contribution in [-0.4, -0.2) is 8.07 Å². The summed E-state index contributed by atoms with van der Waals surface area (Å²) in [6.45, 7) is 16.1. The van der Waals surface area contributed by atoms with E-state index < -0.39 is 8.07 Å². The van der Waals surface area contributed by atoms with Crippen LogP contribution in [0.25, 0.3) is 0 Å². The minimum atomic E-state index is -1.24. The van der Waals surface area contributed by atoms with E-state index in [4.69, 9.17) is 0 Å². The van der Waals surface area contributed by atoms with Crippen molar-refractivity contribution in [3.05, 3.63) is 0 Å². The average Bonchev–Trinajstić information content (AvgIpc) is 3.30. The van der Waals surface area contributed by atoms with Gasteiger partial charge in [0.2, 0.25) is 0 Å². The number of hydrogen-bond donors (Lipinski definition) is 0. The number of fused-ring (bicyclic) bond motifs is 4. The molecule has 178 valence electrons. The van der Waals surface area contributed by atoms with Crippen LogP contribution in [0.15, 0.2) is 0 Å². The molecule has 0 heterocycles. The van der Waals surface area contributed by atoms with E-state index in [1.807, 2.05) is 0 Å². The van der Waals surface area contributed by atoms with Crippen LogP contribution in [0, 0.1) is 52.8 Å². The maximum Gasteiger partial charge on any atom is 0.0541 e. The van der Waals surface area contributed by atoms with Gasteiger partial charge < -0.3 is 0 Å². The molecule has 5 aliphatic carbocycles. The first-order chi connectivity index (χ1) is 14.7. The van der Waals surface area contributed by atoms with Gasteiger partial charge in [0.1, 0.15) is 0 Å². The highest BCUT2D eigenvalue weighted by Gasteiger charge is 2.59. The van der Waals surface area contributed by atoms with Gasteiger partial charge in [-0.3, -0.25) is 0 Å². The van der Waals surface area contributed by atoms with Gasteiger partial charge in [-0.05, 0) is 102 Å². The molecule has 5 aliphatic rings. The summed E-state index contributed by atoms with van der Waals surface area (Å²) >= 11 is 0. The molecule has 1 heteroatoms. The van der Waals surface area contributed by atoms with Crippen molar-refractivity contribution in [2.45, 2.75) is 135 Å². The Hall–Kier alpha value is 0.217. The monoisotopic (exact) mass is 442 g/mol. The van der Waals surface area contributed by atoms with Crippen molar-refractivity contribution in [3.8, 4) is 0 Å². The van der Waals surface area contributed by atoms with E-state index in [2.05, 4.69) is 40.8 Å². The Morgan fingerprint density at radius 2 is 1.52 bits per heavy atom. The molecule has 5 saturated carbocycles. The van der Waals surface area contributed by atoms with E-state index in [0.717, 1.165) is 52.9 Å². The zero-order valence-corrected chi connectivity index (χ0v) is 23.0. The summed E-state index contributed by atoms with van der Waals surface area (Å²) in [5, 5.41) is 0. The summed E-state index contributed by atoms with van der Waals surface area (Å²) < 4.78 is 0. The third-order valence-corrected chi connectivity index (χ3v) is 17.5. The molecule has 0 radical (unpaired) electrons. The van der Waals surface area contributed by atoms with Crippen LogP contribution in [0.3, 0.4) is 0 Å².